The van der Waals surface area contributed by atoms with Crippen LogP contribution >= 0.6 is 0 Å². The van der Waals surface area contributed by atoms with Crippen molar-refractivity contribution in [1.29, 1.82) is 0 Å². The third-order valence-electron chi connectivity index (χ3n) is 2.40. The van der Waals surface area contributed by atoms with Crippen LogP contribution in [0.1, 0.15) is 0 Å². The fourth-order valence-electron chi connectivity index (χ4n) is 1.70. The summed E-state index contributed by atoms with van der Waals surface area (Å²) in [6, 6.07) is 15.8. The largest absolute Gasteiger partial charge is 0.434 e. The lowest BCUT2D eigenvalue weighted by Crippen LogP contribution is -1.88. The van der Waals surface area contributed by atoms with E-state index in [2.05, 4.69) is 11.4 Å². The fourth-order valence-corrected chi connectivity index (χ4v) is 1.70. The molecule has 15 heavy (non-hydrogen) atoms. The summed E-state index contributed by atoms with van der Waals surface area (Å²) in [5.74, 6) is 0.797. The zero-order valence-corrected chi connectivity index (χ0v) is 7.97. The predicted molar refractivity (Wildman–Crippen MR) is 59.6 cm³/mol. The highest BCUT2D eigenvalue weighted by Crippen LogP contribution is 2.37. The van der Waals surface area contributed by atoms with Crippen molar-refractivity contribution in [3.63, 3.8) is 0 Å². The van der Waals surface area contributed by atoms with E-state index in [0.29, 0.717) is 0 Å². The van der Waals surface area contributed by atoms with Crippen LogP contribution in [0.2, 0.25) is 0 Å². The summed E-state index contributed by atoms with van der Waals surface area (Å²) >= 11 is 0. The summed E-state index contributed by atoms with van der Waals surface area (Å²) in [5.41, 5.74) is 3.03. The molecule has 1 aliphatic heterocycles. The van der Waals surface area contributed by atoms with Crippen LogP contribution in [0.3, 0.4) is 0 Å². The lowest BCUT2D eigenvalue weighted by Gasteiger charge is -2.05. The standard InChI is InChI=1S/C13H8NO/c1-3-7-12-10(5-1)11-6-2-4-8-13(11)15-9-14-12/h1-8H. The van der Waals surface area contributed by atoms with Gasteiger partial charge in [0.25, 0.3) is 6.40 Å². The third-order valence-corrected chi connectivity index (χ3v) is 2.40. The minimum atomic E-state index is 0.797. The van der Waals surface area contributed by atoms with Crippen molar-refractivity contribution in [2.75, 3.05) is 0 Å². The van der Waals surface area contributed by atoms with E-state index < -0.39 is 0 Å². The van der Waals surface area contributed by atoms with Gasteiger partial charge < -0.3 is 4.74 Å². The van der Waals surface area contributed by atoms with E-state index in [1.54, 1.807) is 0 Å². The second-order valence-electron chi connectivity index (χ2n) is 3.32. The molecule has 0 N–H and O–H groups in total. The number of hydrogen-bond donors (Lipinski definition) is 0. The molecule has 1 heterocycles. The van der Waals surface area contributed by atoms with Gasteiger partial charge in [-0.2, -0.15) is 0 Å². The highest BCUT2D eigenvalue weighted by Gasteiger charge is 2.11. The van der Waals surface area contributed by atoms with Crippen LogP contribution in [0.5, 0.6) is 5.75 Å². The Kier molecular flexibility index (Phi) is 1.78. The van der Waals surface area contributed by atoms with Crippen molar-refractivity contribution in [2.24, 2.45) is 4.99 Å². The first kappa shape index (κ1) is 8.24. The molecule has 0 fully saturated rings. The molecular formula is C13H8NO. The molecule has 3 rings (SSSR count). The number of ether oxygens (including phenoxy) is 1. The Labute approximate surface area is 87.9 Å². The summed E-state index contributed by atoms with van der Waals surface area (Å²) in [5, 5.41) is 0. The molecule has 1 aliphatic rings. The minimum absolute atomic E-state index is 0.797. The van der Waals surface area contributed by atoms with Crippen LogP contribution in [-0.4, -0.2) is 6.40 Å². The van der Waals surface area contributed by atoms with Crippen molar-refractivity contribution in [1.82, 2.24) is 0 Å². The van der Waals surface area contributed by atoms with E-state index in [1.165, 1.54) is 0 Å². The summed E-state index contributed by atoms with van der Waals surface area (Å²) in [6.45, 7) is 0. The van der Waals surface area contributed by atoms with Crippen LogP contribution < -0.4 is 4.74 Å². The number of hydrogen-bond acceptors (Lipinski definition) is 2. The van der Waals surface area contributed by atoms with Crippen molar-refractivity contribution in [3.05, 3.63) is 48.5 Å². The average molecular weight is 194 g/mol. The van der Waals surface area contributed by atoms with Gasteiger partial charge in [0.1, 0.15) is 5.75 Å². The molecular weight excluding hydrogens is 186 g/mol. The Balaban J connectivity index is 2.33. The van der Waals surface area contributed by atoms with Crippen LogP contribution in [0.25, 0.3) is 11.1 Å². The van der Waals surface area contributed by atoms with Gasteiger partial charge in [-0.15, -0.1) is 0 Å². The molecule has 0 unspecified atom stereocenters. The second-order valence-corrected chi connectivity index (χ2v) is 3.32. The van der Waals surface area contributed by atoms with Gasteiger partial charge in [0.15, 0.2) is 0 Å². The second kappa shape index (κ2) is 3.24. The van der Waals surface area contributed by atoms with Crippen LogP contribution in [0.15, 0.2) is 53.5 Å². The van der Waals surface area contributed by atoms with Gasteiger partial charge in [0, 0.05) is 11.1 Å². The number of para-hydroxylation sites is 2. The monoisotopic (exact) mass is 194 g/mol. The average Bonchev–Trinajstić information content (AvgIpc) is 2.48. The Morgan fingerprint density at radius 2 is 1.60 bits per heavy atom. The van der Waals surface area contributed by atoms with Crippen molar-refractivity contribution in [3.8, 4) is 16.9 Å². The van der Waals surface area contributed by atoms with Gasteiger partial charge in [0.05, 0.1) is 5.69 Å². The number of benzene rings is 2. The lowest BCUT2D eigenvalue weighted by molar-refractivity contribution is 0.578. The van der Waals surface area contributed by atoms with Gasteiger partial charge in [-0.05, 0) is 12.1 Å². The van der Waals surface area contributed by atoms with Crippen LogP contribution in [0, 0.1) is 0 Å². The fraction of sp³-hybridized carbons (Fsp3) is 0. The lowest BCUT2D eigenvalue weighted by atomic mass is 10.0. The highest BCUT2D eigenvalue weighted by molar-refractivity contribution is 5.84. The number of aliphatic imine (C=N–C) groups is 1. The van der Waals surface area contributed by atoms with Gasteiger partial charge in [-0.25, -0.2) is 4.99 Å². The normalized spacial score (nSPS) is 12.3. The maximum atomic E-state index is 5.31. The number of nitrogens with zero attached hydrogens (tertiary/aromatic N) is 1. The Bertz CT molecular complexity index is 532. The molecule has 0 saturated heterocycles. The van der Waals surface area contributed by atoms with Gasteiger partial charge in [-0.3, -0.25) is 0 Å². The van der Waals surface area contributed by atoms with Crippen molar-refractivity contribution >= 4 is 12.1 Å². The first-order valence-corrected chi connectivity index (χ1v) is 4.76. The Morgan fingerprint density at radius 1 is 0.867 bits per heavy atom. The molecule has 2 aromatic carbocycles. The van der Waals surface area contributed by atoms with E-state index in [0.717, 1.165) is 22.6 Å². The quantitative estimate of drug-likeness (QED) is 0.630. The summed E-state index contributed by atoms with van der Waals surface area (Å²) in [6.07, 6.45) is 2.58. The molecule has 2 nitrogen and oxygen atoms in total. The topological polar surface area (TPSA) is 21.6 Å². The number of fused-ring (bicyclic) bond motifs is 3. The van der Waals surface area contributed by atoms with E-state index in [9.17, 15) is 0 Å². The maximum Gasteiger partial charge on any atom is 0.284 e. The minimum Gasteiger partial charge on any atom is -0.434 e. The zero-order chi connectivity index (χ0) is 10.1. The SMILES string of the molecule is [C]1=Nc2ccccc2-c2ccccc2O1. The Hall–Kier alpha value is -2.09. The number of rotatable bonds is 0. The van der Waals surface area contributed by atoms with Gasteiger partial charge in [0.2, 0.25) is 0 Å². The van der Waals surface area contributed by atoms with E-state index in [1.807, 2.05) is 48.5 Å². The molecule has 0 spiro atoms. The molecule has 0 bridgehead atoms. The maximum absolute atomic E-state index is 5.31. The highest BCUT2D eigenvalue weighted by atomic mass is 16.5. The molecule has 0 aromatic heterocycles. The van der Waals surface area contributed by atoms with E-state index in [4.69, 9.17) is 4.74 Å². The molecule has 2 aromatic rings. The molecule has 2 heteroatoms. The molecule has 0 aliphatic carbocycles. The molecule has 0 amide bonds. The van der Waals surface area contributed by atoms with Crippen LogP contribution in [-0.2, 0) is 0 Å². The van der Waals surface area contributed by atoms with Crippen LogP contribution in [0.4, 0.5) is 5.69 Å². The molecule has 0 saturated carbocycles. The Morgan fingerprint density at radius 3 is 2.53 bits per heavy atom. The van der Waals surface area contributed by atoms with Crippen molar-refractivity contribution in [2.45, 2.75) is 0 Å². The molecule has 1 radical (unpaired) electrons. The molecule has 71 valence electrons. The van der Waals surface area contributed by atoms with E-state index >= 15 is 0 Å². The van der Waals surface area contributed by atoms with Gasteiger partial charge in [-0.1, -0.05) is 36.4 Å². The van der Waals surface area contributed by atoms with E-state index in [-0.39, 0.29) is 0 Å². The molecule has 0 atom stereocenters. The van der Waals surface area contributed by atoms with Gasteiger partial charge >= 0.3 is 0 Å². The third kappa shape index (κ3) is 1.31. The summed E-state index contributed by atoms with van der Waals surface area (Å²) in [7, 11) is 0. The predicted octanol–water partition coefficient (Wildman–Crippen LogP) is 3.28. The smallest absolute Gasteiger partial charge is 0.284 e. The summed E-state index contributed by atoms with van der Waals surface area (Å²) in [4.78, 5) is 4.13. The summed E-state index contributed by atoms with van der Waals surface area (Å²) < 4.78 is 5.31. The van der Waals surface area contributed by atoms with Crippen molar-refractivity contribution < 1.29 is 4.74 Å². The first-order chi connectivity index (χ1) is 7.45. The zero-order valence-electron chi connectivity index (χ0n) is 7.97. The first-order valence-electron chi connectivity index (χ1n) is 4.76.